The van der Waals surface area contributed by atoms with Crippen LogP contribution in [0.1, 0.15) is 0 Å². The van der Waals surface area contributed by atoms with Gasteiger partial charge in [0.15, 0.2) is 69.0 Å². The molecular weight excluding hydrogens is 1650 g/mol. The number of ether oxygens (including phenoxy) is 6. The zero-order chi connectivity index (χ0) is 89.2. The van der Waals surface area contributed by atoms with E-state index in [1.807, 2.05) is 42.5 Å². The van der Waals surface area contributed by atoms with E-state index >= 15 is 0 Å². The quantitative estimate of drug-likeness (QED) is 0.119. The van der Waals surface area contributed by atoms with Crippen LogP contribution in [0.15, 0.2) is 491 Å². The Labute approximate surface area is 783 Å². The topological polar surface area (TPSA) is 65.1 Å². The molecule has 636 valence electrons. The molecule has 0 saturated carbocycles. The normalized spacial score (nSPS) is 12.3. The van der Waals surface area contributed by atoms with Gasteiger partial charge in [0.25, 0.3) is 0 Å². The molecule has 21 aromatic rings. The molecule has 135 heavy (non-hydrogen) atoms. The Bertz CT molecular complexity index is 7860. The summed E-state index contributed by atoms with van der Waals surface area (Å²) >= 11 is 0. The van der Waals surface area contributed by atoms with Crippen molar-refractivity contribution in [2.75, 3.05) is 14.7 Å². The van der Waals surface area contributed by atoms with Crippen molar-refractivity contribution in [2.24, 2.45) is 0 Å². The zero-order valence-electron chi connectivity index (χ0n) is 73.1. The lowest BCUT2D eigenvalue weighted by Crippen LogP contribution is -2.20. The van der Waals surface area contributed by atoms with Gasteiger partial charge in [-0.25, -0.2) is 0 Å². The molecule has 0 aromatic heterocycles. The van der Waals surface area contributed by atoms with Crippen LogP contribution in [0.5, 0.6) is 69.0 Å². The van der Waals surface area contributed by atoms with E-state index in [2.05, 4.69) is 464 Å². The molecule has 21 aromatic carbocycles. The summed E-state index contributed by atoms with van der Waals surface area (Å²) in [5.74, 6) is 9.48. The number of anilines is 9. The van der Waals surface area contributed by atoms with Gasteiger partial charge >= 0.3 is 0 Å². The van der Waals surface area contributed by atoms with E-state index < -0.39 is 0 Å². The van der Waals surface area contributed by atoms with Gasteiger partial charge in [0.1, 0.15) is 17.1 Å². The molecule has 0 fully saturated rings. The summed E-state index contributed by atoms with van der Waals surface area (Å²) in [6.07, 6.45) is 0. The Balaban J connectivity index is 0.000000109. The number of nitrogens with zero attached hydrogens (tertiary/aromatic N) is 3. The van der Waals surface area contributed by atoms with Crippen LogP contribution in [0.4, 0.5) is 51.2 Å². The van der Waals surface area contributed by atoms with Gasteiger partial charge in [-0.2, -0.15) is 0 Å². The highest BCUT2D eigenvalue weighted by molar-refractivity contribution is 6.02. The Kier molecular flexibility index (Phi) is 19.7. The Morgan fingerprint density at radius 3 is 0.467 bits per heavy atom. The summed E-state index contributed by atoms with van der Waals surface area (Å²) in [5, 5.41) is 0. The second-order valence-corrected chi connectivity index (χ2v) is 34.1. The van der Waals surface area contributed by atoms with Gasteiger partial charge in [-0.05, 0) is 243 Å². The molecule has 6 heterocycles. The average molecular weight is 1730 g/mol. The minimum absolute atomic E-state index is 0.761. The van der Waals surface area contributed by atoms with Crippen molar-refractivity contribution in [2.45, 2.75) is 0 Å². The van der Waals surface area contributed by atoms with Gasteiger partial charge < -0.3 is 28.4 Å². The molecule has 0 saturated heterocycles. The van der Waals surface area contributed by atoms with Crippen molar-refractivity contribution in [3.05, 3.63) is 491 Å². The monoisotopic (exact) mass is 1730 g/mol. The fourth-order valence-electron chi connectivity index (χ4n) is 19.4. The molecule has 6 aliphatic heterocycles. The summed E-state index contributed by atoms with van der Waals surface area (Å²) in [6, 6.07) is 171. The van der Waals surface area contributed by atoms with Crippen LogP contribution in [0.3, 0.4) is 0 Å². The highest BCUT2D eigenvalue weighted by atomic mass is 16.5. The summed E-state index contributed by atoms with van der Waals surface area (Å²) in [5.41, 5.74) is 35.8. The maximum absolute atomic E-state index is 6.85. The molecule has 0 N–H and O–H groups in total. The van der Waals surface area contributed by atoms with Crippen LogP contribution in [-0.4, -0.2) is 0 Å². The van der Waals surface area contributed by atoms with Crippen LogP contribution in [0.2, 0.25) is 0 Å². The van der Waals surface area contributed by atoms with E-state index in [1.165, 1.54) is 33.4 Å². The molecule has 0 radical (unpaired) electrons. The first kappa shape index (κ1) is 79.0. The fraction of sp³-hybridized carbons (Fsp3) is 0. The van der Waals surface area contributed by atoms with Crippen LogP contribution in [-0.2, 0) is 0 Å². The number of benzene rings is 21. The van der Waals surface area contributed by atoms with E-state index in [4.69, 9.17) is 28.4 Å². The van der Waals surface area contributed by atoms with Gasteiger partial charge in [-0.1, -0.05) is 382 Å². The van der Waals surface area contributed by atoms with Crippen LogP contribution < -0.4 is 43.1 Å². The summed E-state index contributed by atoms with van der Waals surface area (Å²) in [7, 11) is 0. The van der Waals surface area contributed by atoms with Gasteiger partial charge in [0.05, 0.1) is 34.1 Å². The van der Waals surface area contributed by atoms with Crippen LogP contribution >= 0.6 is 0 Å². The molecule has 9 nitrogen and oxygen atoms in total. The predicted octanol–water partition coefficient (Wildman–Crippen LogP) is 36.1. The third-order valence-corrected chi connectivity index (χ3v) is 25.9. The Hall–Kier alpha value is -18.2. The van der Waals surface area contributed by atoms with Crippen molar-refractivity contribution < 1.29 is 28.4 Å². The first-order valence-corrected chi connectivity index (χ1v) is 45.5. The highest BCUT2D eigenvalue weighted by Gasteiger charge is 2.40. The predicted molar refractivity (Wildman–Crippen MR) is 549 cm³/mol. The van der Waals surface area contributed by atoms with Crippen molar-refractivity contribution >= 4 is 51.2 Å². The molecule has 27 rings (SSSR count). The molecule has 0 bridgehead atoms. The molecule has 0 aliphatic carbocycles. The Morgan fingerprint density at radius 2 is 0.244 bits per heavy atom. The van der Waals surface area contributed by atoms with E-state index in [0.717, 1.165) is 220 Å². The first-order valence-electron chi connectivity index (χ1n) is 45.5. The molecule has 0 spiro atoms. The first-order chi connectivity index (χ1) is 66.9. The maximum Gasteiger partial charge on any atom is 0.156 e. The van der Waals surface area contributed by atoms with Crippen molar-refractivity contribution in [1.29, 1.82) is 0 Å². The van der Waals surface area contributed by atoms with E-state index in [1.54, 1.807) is 0 Å². The van der Waals surface area contributed by atoms with Gasteiger partial charge in [0.2, 0.25) is 0 Å². The van der Waals surface area contributed by atoms with Gasteiger partial charge in [-0.15, -0.1) is 0 Å². The van der Waals surface area contributed by atoms with Gasteiger partial charge in [0, 0.05) is 0 Å². The average Bonchev–Trinajstić information content (AvgIpc) is 0.721. The lowest BCUT2D eigenvalue weighted by molar-refractivity contribution is 0.446. The molecule has 0 unspecified atom stereocenters. The van der Waals surface area contributed by atoms with E-state index in [9.17, 15) is 0 Å². The summed E-state index contributed by atoms with van der Waals surface area (Å²) < 4.78 is 40.4. The lowest BCUT2D eigenvalue weighted by atomic mass is 9.93. The van der Waals surface area contributed by atoms with Gasteiger partial charge in [-0.3, -0.25) is 14.7 Å². The van der Waals surface area contributed by atoms with Crippen LogP contribution in [0.25, 0.3) is 134 Å². The summed E-state index contributed by atoms with van der Waals surface area (Å²) in [4.78, 5) is 6.87. The third kappa shape index (κ3) is 14.7. The fourth-order valence-corrected chi connectivity index (χ4v) is 19.4. The molecule has 6 aliphatic rings. The number of hydrogen-bond donors (Lipinski definition) is 0. The van der Waals surface area contributed by atoms with E-state index in [0.29, 0.717) is 0 Å². The second-order valence-electron chi connectivity index (χ2n) is 34.1. The van der Waals surface area contributed by atoms with Crippen LogP contribution in [0, 0.1) is 0 Å². The molecule has 9 heteroatoms. The highest BCUT2D eigenvalue weighted by Crippen LogP contribution is 2.66. The smallest absolute Gasteiger partial charge is 0.156 e. The van der Waals surface area contributed by atoms with Crippen molar-refractivity contribution in [1.82, 2.24) is 0 Å². The number of fused-ring (bicyclic) bond motifs is 12. The van der Waals surface area contributed by atoms with Crippen molar-refractivity contribution in [3.63, 3.8) is 0 Å². The SMILES string of the molecule is c1ccc(-c2cc3c4c(c2)Oc2cc(-c5ccccc5-c5ccccc5)ccc2N4c2ccc(-c4ccccc4-c4ccccc4)cc2O3)cc1.c1ccc(-c2ccc(-c3ccc4c(c3)Oc3cc(-c5ccccc5)cc5c3N4c3ccc(-c4ccccc4)cc3O5)cc2)cc1.c1ccc(-c2ccc3c(c2)Oc2cc(-c4ccccc4)cc4c2N3c2ccc(-c3ccccc3)cc2O4)cc1. The Morgan fingerprint density at radius 1 is 0.104 bits per heavy atom. The molecule has 0 atom stereocenters. The molecule has 0 amide bonds. The number of hydrogen-bond acceptors (Lipinski definition) is 9. The third-order valence-electron chi connectivity index (χ3n) is 25.9. The lowest BCUT2D eigenvalue weighted by Gasteiger charge is -2.38. The number of rotatable bonds is 12. The minimum atomic E-state index is 0.761. The standard InChI is InChI=1S/C48H31NO2.C42H27NO2.C36H23NO2/c1-4-14-32(15-5-1)37-30-46-48-47(31-37)51-45-29-36(41-23-13-11-21-39(41)34-18-8-3-9-19-34)25-27-43(45)49(48)42-26-24-35(28-44(42)50-46)40-22-12-10-20-38(40)33-16-6-2-7-17-33;1-4-10-28(11-5-1)31-16-18-32(19-17-31)34-21-23-37-39(25-34)45-41-27-35(30-14-8-3-9-15-30)26-40-42(41)43(37)36-22-20-33(24-38(36)44-40)29-12-6-2-7-13-29;1-4-10-24(11-5-1)27-16-18-30-32(20-27)38-34-22-29(26-14-8-3-9-15-26)23-35-36(34)37(30)31-19-17-28(21-33(31)39-35)25-12-6-2-7-13-25/h1-31H;1-27H;1-23H. The minimum Gasteiger partial charge on any atom is -0.453 e. The molecular formula is C126H81N3O6. The van der Waals surface area contributed by atoms with Crippen molar-refractivity contribution in [3.8, 4) is 203 Å². The summed E-state index contributed by atoms with van der Waals surface area (Å²) in [6.45, 7) is 0. The second kappa shape index (κ2) is 33.7. The largest absolute Gasteiger partial charge is 0.453 e. The zero-order valence-corrected chi connectivity index (χ0v) is 73.1. The van der Waals surface area contributed by atoms with E-state index in [-0.39, 0.29) is 0 Å². The maximum atomic E-state index is 6.85.